The molecule has 7 heteroatoms. The lowest BCUT2D eigenvalue weighted by Gasteiger charge is -2.10. The van der Waals surface area contributed by atoms with Crippen molar-refractivity contribution in [2.75, 3.05) is 10.6 Å². The molecule has 2 N–H and O–H groups in total. The number of nitrogens with zero attached hydrogens (tertiary/aromatic N) is 4. The summed E-state index contributed by atoms with van der Waals surface area (Å²) in [6, 6.07) is 17.4. The number of aromatic nitrogens is 4. The van der Waals surface area contributed by atoms with Crippen molar-refractivity contribution in [3.8, 4) is 11.4 Å². The molecule has 0 aliphatic rings. The predicted molar refractivity (Wildman–Crippen MR) is 104 cm³/mol. The van der Waals surface area contributed by atoms with Crippen molar-refractivity contribution in [3.05, 3.63) is 78.3 Å². The molecule has 0 bridgehead atoms. The molecule has 27 heavy (non-hydrogen) atoms. The van der Waals surface area contributed by atoms with E-state index in [4.69, 9.17) is 4.52 Å². The zero-order valence-corrected chi connectivity index (χ0v) is 14.8. The monoisotopic (exact) mass is 358 g/mol. The molecule has 0 spiro atoms. The Bertz CT molecular complexity index is 1020. The standard InChI is InChI=1S/C20H18N6O/c1-14-11-19(26-27-14)23-18-12-17(22-13-15-7-9-21-10-8-15)24-20(25-18)16-5-3-2-4-6-16/h2-12H,13H2,1H3,(H2,22,23,24,25,26). The molecule has 0 saturated carbocycles. The van der Waals surface area contributed by atoms with Gasteiger partial charge in [0.15, 0.2) is 11.6 Å². The maximum absolute atomic E-state index is 5.11. The molecular weight excluding hydrogens is 340 g/mol. The van der Waals surface area contributed by atoms with Crippen LogP contribution in [-0.2, 0) is 6.54 Å². The van der Waals surface area contributed by atoms with E-state index in [2.05, 4.69) is 30.7 Å². The van der Waals surface area contributed by atoms with Crippen LogP contribution < -0.4 is 10.6 Å². The number of aryl methyl sites for hydroxylation is 1. The third-order valence-corrected chi connectivity index (χ3v) is 3.87. The molecule has 7 nitrogen and oxygen atoms in total. The van der Waals surface area contributed by atoms with Crippen LogP contribution in [0.1, 0.15) is 11.3 Å². The van der Waals surface area contributed by atoms with Crippen molar-refractivity contribution >= 4 is 17.5 Å². The fourth-order valence-electron chi connectivity index (χ4n) is 2.57. The van der Waals surface area contributed by atoms with Crippen LogP contribution in [0, 0.1) is 6.92 Å². The molecule has 0 saturated heterocycles. The van der Waals surface area contributed by atoms with Crippen LogP contribution >= 0.6 is 0 Å². The molecule has 3 heterocycles. The lowest BCUT2D eigenvalue weighted by molar-refractivity contribution is 0.400. The van der Waals surface area contributed by atoms with E-state index in [9.17, 15) is 0 Å². The number of benzene rings is 1. The molecule has 1 aromatic carbocycles. The van der Waals surface area contributed by atoms with Gasteiger partial charge in [-0.2, -0.15) is 0 Å². The van der Waals surface area contributed by atoms with Gasteiger partial charge in [0, 0.05) is 36.6 Å². The van der Waals surface area contributed by atoms with E-state index < -0.39 is 0 Å². The van der Waals surface area contributed by atoms with Crippen LogP contribution in [-0.4, -0.2) is 20.1 Å². The summed E-state index contributed by atoms with van der Waals surface area (Å²) < 4.78 is 5.11. The second-order valence-electron chi connectivity index (χ2n) is 5.98. The molecule has 0 aliphatic heterocycles. The summed E-state index contributed by atoms with van der Waals surface area (Å²) in [5, 5.41) is 10.5. The van der Waals surface area contributed by atoms with E-state index >= 15 is 0 Å². The Balaban J connectivity index is 1.63. The van der Waals surface area contributed by atoms with Gasteiger partial charge in [-0.15, -0.1) is 0 Å². The summed E-state index contributed by atoms with van der Waals surface area (Å²) in [5.41, 5.74) is 2.05. The molecule has 0 unspecified atom stereocenters. The first-order chi connectivity index (χ1) is 13.3. The van der Waals surface area contributed by atoms with E-state index in [0.717, 1.165) is 16.9 Å². The number of nitrogens with one attached hydrogen (secondary N) is 2. The molecule has 4 rings (SSSR count). The van der Waals surface area contributed by atoms with E-state index in [1.54, 1.807) is 12.4 Å². The summed E-state index contributed by atoms with van der Waals surface area (Å²) >= 11 is 0. The topological polar surface area (TPSA) is 88.8 Å². The van der Waals surface area contributed by atoms with Crippen LogP contribution in [0.3, 0.4) is 0 Å². The molecule has 4 aromatic rings. The van der Waals surface area contributed by atoms with Crippen LogP contribution in [0.25, 0.3) is 11.4 Å². The SMILES string of the molecule is Cc1cc(Nc2cc(NCc3ccncc3)nc(-c3ccccc3)n2)no1. The third-order valence-electron chi connectivity index (χ3n) is 3.87. The molecule has 0 aliphatic carbocycles. The normalized spacial score (nSPS) is 10.6. The third kappa shape index (κ3) is 4.27. The molecule has 0 radical (unpaired) electrons. The van der Waals surface area contributed by atoms with Gasteiger partial charge in [-0.3, -0.25) is 4.98 Å². The maximum atomic E-state index is 5.11. The van der Waals surface area contributed by atoms with E-state index in [-0.39, 0.29) is 0 Å². The molecule has 0 atom stereocenters. The van der Waals surface area contributed by atoms with E-state index in [1.807, 2.05) is 61.5 Å². The molecular formula is C20H18N6O. The highest BCUT2D eigenvalue weighted by Crippen LogP contribution is 2.23. The van der Waals surface area contributed by atoms with Crippen LogP contribution in [0.4, 0.5) is 17.5 Å². The van der Waals surface area contributed by atoms with Crippen molar-refractivity contribution in [3.63, 3.8) is 0 Å². The Morgan fingerprint density at radius 3 is 2.41 bits per heavy atom. The van der Waals surface area contributed by atoms with Gasteiger partial charge in [0.25, 0.3) is 0 Å². The van der Waals surface area contributed by atoms with Crippen LogP contribution in [0.2, 0.25) is 0 Å². The Hall–Kier alpha value is -3.74. The molecule has 0 amide bonds. The van der Waals surface area contributed by atoms with Crippen molar-refractivity contribution in [1.82, 2.24) is 20.1 Å². The first kappa shape index (κ1) is 16.7. The number of rotatable bonds is 6. The summed E-state index contributed by atoms with van der Waals surface area (Å²) in [4.78, 5) is 13.3. The second kappa shape index (κ2) is 7.65. The Morgan fingerprint density at radius 1 is 0.889 bits per heavy atom. The smallest absolute Gasteiger partial charge is 0.175 e. The zero-order valence-electron chi connectivity index (χ0n) is 14.8. The van der Waals surface area contributed by atoms with Crippen molar-refractivity contribution in [2.24, 2.45) is 0 Å². The summed E-state index contributed by atoms with van der Waals surface area (Å²) in [5.74, 6) is 3.30. The van der Waals surface area contributed by atoms with Crippen molar-refractivity contribution in [2.45, 2.75) is 13.5 Å². The molecule has 0 fully saturated rings. The lowest BCUT2D eigenvalue weighted by Crippen LogP contribution is -2.05. The van der Waals surface area contributed by atoms with Gasteiger partial charge in [0.1, 0.15) is 17.4 Å². The summed E-state index contributed by atoms with van der Waals surface area (Å²) in [7, 11) is 0. The molecule has 3 aromatic heterocycles. The summed E-state index contributed by atoms with van der Waals surface area (Å²) in [6.07, 6.45) is 3.54. The highest BCUT2D eigenvalue weighted by atomic mass is 16.5. The summed E-state index contributed by atoms with van der Waals surface area (Å²) in [6.45, 7) is 2.48. The minimum absolute atomic E-state index is 0.602. The minimum atomic E-state index is 0.602. The van der Waals surface area contributed by atoms with E-state index in [1.165, 1.54) is 0 Å². The Labute approximate surface area is 156 Å². The second-order valence-corrected chi connectivity index (χ2v) is 5.98. The van der Waals surface area contributed by atoms with Gasteiger partial charge in [-0.1, -0.05) is 35.5 Å². The number of hydrogen-bond donors (Lipinski definition) is 2. The largest absolute Gasteiger partial charge is 0.366 e. The van der Waals surface area contributed by atoms with Gasteiger partial charge in [-0.25, -0.2) is 9.97 Å². The van der Waals surface area contributed by atoms with E-state index in [0.29, 0.717) is 29.8 Å². The lowest BCUT2D eigenvalue weighted by atomic mass is 10.2. The number of hydrogen-bond acceptors (Lipinski definition) is 7. The highest BCUT2D eigenvalue weighted by molar-refractivity contribution is 5.63. The van der Waals surface area contributed by atoms with Gasteiger partial charge < -0.3 is 15.2 Å². The average Bonchev–Trinajstić information content (AvgIpc) is 3.12. The molecule has 134 valence electrons. The Morgan fingerprint density at radius 2 is 1.67 bits per heavy atom. The van der Waals surface area contributed by atoms with Gasteiger partial charge in [0.2, 0.25) is 0 Å². The number of anilines is 3. The quantitative estimate of drug-likeness (QED) is 0.534. The van der Waals surface area contributed by atoms with Gasteiger partial charge in [-0.05, 0) is 24.6 Å². The average molecular weight is 358 g/mol. The van der Waals surface area contributed by atoms with Gasteiger partial charge >= 0.3 is 0 Å². The zero-order chi connectivity index (χ0) is 18.5. The fraction of sp³-hybridized carbons (Fsp3) is 0.100. The first-order valence-electron chi connectivity index (χ1n) is 8.54. The predicted octanol–water partition coefficient (Wildman–Crippen LogP) is 4.19. The van der Waals surface area contributed by atoms with Crippen molar-refractivity contribution in [1.29, 1.82) is 0 Å². The first-order valence-corrected chi connectivity index (χ1v) is 8.54. The number of pyridine rings is 1. The fourth-order valence-corrected chi connectivity index (χ4v) is 2.57. The maximum Gasteiger partial charge on any atom is 0.175 e. The van der Waals surface area contributed by atoms with Gasteiger partial charge in [0.05, 0.1) is 0 Å². The highest BCUT2D eigenvalue weighted by Gasteiger charge is 2.09. The Kier molecular flexibility index (Phi) is 4.74. The van der Waals surface area contributed by atoms with Crippen molar-refractivity contribution < 1.29 is 4.52 Å². The van der Waals surface area contributed by atoms with Crippen LogP contribution in [0.15, 0.2) is 71.5 Å². The minimum Gasteiger partial charge on any atom is -0.366 e. The van der Waals surface area contributed by atoms with Crippen LogP contribution in [0.5, 0.6) is 0 Å².